The molecule has 21 heavy (non-hydrogen) atoms. The third-order valence-corrected chi connectivity index (χ3v) is 3.89. The highest BCUT2D eigenvalue weighted by molar-refractivity contribution is 6.32. The maximum Gasteiger partial charge on any atom is 0.287 e. The fraction of sp³-hybridized carbons (Fsp3) is 0.750. The van der Waals surface area contributed by atoms with Crippen LogP contribution in [0.4, 0.5) is 5.69 Å². The van der Waals surface area contributed by atoms with Crippen LogP contribution in [-0.4, -0.2) is 15.8 Å². The average Bonchev–Trinajstić information content (AvgIpc) is 2.43. The Morgan fingerprint density at radius 3 is 2.62 bits per heavy atom. The van der Waals surface area contributed by atoms with Crippen molar-refractivity contribution in [2.75, 3.05) is 5.32 Å². The lowest BCUT2D eigenvalue weighted by molar-refractivity contribution is 0.519. The number of hydrogen-bond acceptors (Lipinski definition) is 3. The molecule has 1 heterocycles. The molecule has 0 amide bonds. The van der Waals surface area contributed by atoms with Crippen molar-refractivity contribution in [2.24, 2.45) is 5.92 Å². The zero-order valence-electron chi connectivity index (χ0n) is 13.7. The molecule has 120 valence electrons. The molecule has 0 aliphatic heterocycles. The quantitative estimate of drug-likeness (QED) is 0.738. The van der Waals surface area contributed by atoms with Gasteiger partial charge in [0.15, 0.2) is 0 Å². The van der Waals surface area contributed by atoms with Crippen molar-refractivity contribution in [3.63, 3.8) is 0 Å². The zero-order valence-corrected chi connectivity index (χ0v) is 14.4. The predicted octanol–water partition coefficient (Wildman–Crippen LogP) is 4.32. The van der Waals surface area contributed by atoms with E-state index < -0.39 is 0 Å². The largest absolute Gasteiger partial charge is 0.380 e. The molecule has 0 aromatic carbocycles. The van der Waals surface area contributed by atoms with Crippen LogP contribution in [0, 0.1) is 5.92 Å². The van der Waals surface area contributed by atoms with Crippen LogP contribution >= 0.6 is 11.6 Å². The van der Waals surface area contributed by atoms with E-state index in [1.807, 2.05) is 0 Å². The predicted molar refractivity (Wildman–Crippen MR) is 90.2 cm³/mol. The number of nitrogens with zero attached hydrogens (tertiary/aromatic N) is 2. The van der Waals surface area contributed by atoms with Crippen LogP contribution in [0.2, 0.25) is 5.02 Å². The summed E-state index contributed by atoms with van der Waals surface area (Å²) in [6.45, 7) is 9.28. The summed E-state index contributed by atoms with van der Waals surface area (Å²) in [5, 5.41) is 7.74. The lowest BCUT2D eigenvalue weighted by Crippen LogP contribution is -2.26. The number of aryl methyl sites for hydroxylation is 1. The summed E-state index contributed by atoms with van der Waals surface area (Å²) in [4.78, 5) is 12.1. The van der Waals surface area contributed by atoms with Gasteiger partial charge in [-0.25, -0.2) is 4.68 Å². The maximum absolute atomic E-state index is 12.1. The van der Waals surface area contributed by atoms with E-state index in [-0.39, 0.29) is 16.6 Å². The minimum atomic E-state index is -0.204. The van der Waals surface area contributed by atoms with Gasteiger partial charge in [-0.15, -0.1) is 0 Å². The second-order valence-electron chi connectivity index (χ2n) is 6.12. The molecule has 1 aromatic rings. The van der Waals surface area contributed by atoms with E-state index in [1.54, 1.807) is 6.20 Å². The van der Waals surface area contributed by atoms with Crippen LogP contribution in [0.25, 0.3) is 0 Å². The second-order valence-corrected chi connectivity index (χ2v) is 6.50. The van der Waals surface area contributed by atoms with Crippen molar-refractivity contribution in [3.8, 4) is 0 Å². The Morgan fingerprint density at radius 1 is 1.29 bits per heavy atom. The van der Waals surface area contributed by atoms with Gasteiger partial charge in [0.1, 0.15) is 5.02 Å². The summed E-state index contributed by atoms with van der Waals surface area (Å²) in [5.74, 6) is 0.727. The Morgan fingerprint density at radius 2 is 2.00 bits per heavy atom. The third-order valence-electron chi connectivity index (χ3n) is 3.53. The minimum absolute atomic E-state index is 0.204. The van der Waals surface area contributed by atoms with E-state index in [4.69, 9.17) is 11.6 Å². The first-order valence-electron chi connectivity index (χ1n) is 7.97. The standard InChI is InChI=1S/C16H28ClN3O/c1-5-6-10-20-16(21)15(17)14(11-18-20)19-13(4)9-7-8-12(2)3/h11-13,19H,5-10H2,1-4H3. The Bertz CT molecular complexity index is 485. The van der Waals surface area contributed by atoms with Crippen LogP contribution < -0.4 is 10.9 Å². The summed E-state index contributed by atoms with van der Waals surface area (Å²) in [6.07, 6.45) is 7.08. The molecule has 1 N–H and O–H groups in total. The van der Waals surface area contributed by atoms with Crippen molar-refractivity contribution < 1.29 is 0 Å². The molecule has 1 unspecified atom stereocenters. The van der Waals surface area contributed by atoms with Gasteiger partial charge in [0, 0.05) is 12.6 Å². The number of unbranched alkanes of at least 4 members (excludes halogenated alkanes) is 1. The van der Waals surface area contributed by atoms with Gasteiger partial charge in [0.05, 0.1) is 11.9 Å². The number of nitrogens with one attached hydrogen (secondary N) is 1. The van der Waals surface area contributed by atoms with Crippen LogP contribution in [0.5, 0.6) is 0 Å². The Balaban J connectivity index is 2.63. The van der Waals surface area contributed by atoms with E-state index in [0.717, 1.165) is 25.2 Å². The first kappa shape index (κ1) is 18.0. The third kappa shape index (κ3) is 6.08. The Kier molecular flexibility index (Phi) is 7.79. The average molecular weight is 314 g/mol. The van der Waals surface area contributed by atoms with Crippen molar-refractivity contribution in [1.82, 2.24) is 9.78 Å². The molecule has 0 bridgehead atoms. The number of aromatic nitrogens is 2. The number of rotatable bonds is 9. The van der Waals surface area contributed by atoms with Crippen molar-refractivity contribution in [1.29, 1.82) is 0 Å². The highest BCUT2D eigenvalue weighted by Crippen LogP contribution is 2.18. The monoisotopic (exact) mass is 313 g/mol. The molecule has 1 atom stereocenters. The normalized spacial score (nSPS) is 12.7. The zero-order chi connectivity index (χ0) is 15.8. The maximum atomic E-state index is 12.1. The smallest absolute Gasteiger partial charge is 0.287 e. The molecule has 0 radical (unpaired) electrons. The minimum Gasteiger partial charge on any atom is -0.380 e. The number of halogens is 1. The molecule has 0 aliphatic rings. The van der Waals surface area contributed by atoms with Crippen LogP contribution in [0.15, 0.2) is 11.0 Å². The fourth-order valence-corrected chi connectivity index (χ4v) is 2.40. The van der Waals surface area contributed by atoms with Crippen LogP contribution in [-0.2, 0) is 6.54 Å². The highest BCUT2D eigenvalue weighted by Gasteiger charge is 2.11. The van der Waals surface area contributed by atoms with E-state index in [2.05, 4.69) is 38.1 Å². The van der Waals surface area contributed by atoms with Gasteiger partial charge in [0.2, 0.25) is 0 Å². The fourth-order valence-electron chi connectivity index (χ4n) is 2.20. The van der Waals surface area contributed by atoms with Crippen molar-refractivity contribution >= 4 is 17.3 Å². The molecule has 0 saturated heterocycles. The summed E-state index contributed by atoms with van der Waals surface area (Å²) in [5.41, 5.74) is 0.441. The first-order chi connectivity index (χ1) is 9.95. The van der Waals surface area contributed by atoms with Crippen molar-refractivity contribution in [3.05, 3.63) is 21.6 Å². The van der Waals surface area contributed by atoms with E-state index in [0.29, 0.717) is 12.2 Å². The molecular formula is C16H28ClN3O. The topological polar surface area (TPSA) is 46.9 Å². The lowest BCUT2D eigenvalue weighted by atomic mass is 10.0. The molecular weight excluding hydrogens is 286 g/mol. The summed E-state index contributed by atoms with van der Waals surface area (Å²) < 4.78 is 1.44. The Hall–Kier alpha value is -1.03. The van der Waals surface area contributed by atoms with E-state index in [1.165, 1.54) is 17.5 Å². The van der Waals surface area contributed by atoms with E-state index >= 15 is 0 Å². The second kappa shape index (κ2) is 9.08. The van der Waals surface area contributed by atoms with Gasteiger partial charge < -0.3 is 5.32 Å². The molecule has 1 aromatic heterocycles. The number of anilines is 1. The van der Waals surface area contributed by atoms with Crippen LogP contribution in [0.1, 0.15) is 59.8 Å². The van der Waals surface area contributed by atoms with Gasteiger partial charge in [-0.3, -0.25) is 4.79 Å². The van der Waals surface area contributed by atoms with Gasteiger partial charge in [-0.05, 0) is 25.7 Å². The molecule has 1 rings (SSSR count). The van der Waals surface area contributed by atoms with Gasteiger partial charge in [0.25, 0.3) is 5.56 Å². The summed E-state index contributed by atoms with van der Waals surface area (Å²) in [7, 11) is 0. The molecule has 4 nitrogen and oxygen atoms in total. The number of hydrogen-bond donors (Lipinski definition) is 1. The van der Waals surface area contributed by atoms with Gasteiger partial charge in [-0.1, -0.05) is 51.6 Å². The van der Waals surface area contributed by atoms with Crippen LogP contribution in [0.3, 0.4) is 0 Å². The van der Waals surface area contributed by atoms with E-state index in [9.17, 15) is 4.79 Å². The van der Waals surface area contributed by atoms with Gasteiger partial charge >= 0.3 is 0 Å². The molecule has 0 aliphatic carbocycles. The van der Waals surface area contributed by atoms with Crippen molar-refractivity contribution in [2.45, 2.75) is 72.4 Å². The SMILES string of the molecule is CCCCn1ncc(NC(C)CCCC(C)C)c(Cl)c1=O. The Labute approximate surface area is 132 Å². The van der Waals surface area contributed by atoms with Gasteiger partial charge in [-0.2, -0.15) is 5.10 Å². The highest BCUT2D eigenvalue weighted by atomic mass is 35.5. The first-order valence-corrected chi connectivity index (χ1v) is 8.35. The summed E-state index contributed by atoms with van der Waals surface area (Å²) >= 11 is 6.17. The lowest BCUT2D eigenvalue weighted by Gasteiger charge is -2.17. The molecule has 5 heteroatoms. The molecule has 0 fully saturated rings. The summed E-state index contributed by atoms with van der Waals surface area (Å²) in [6, 6.07) is 0.286. The molecule has 0 spiro atoms. The molecule has 0 saturated carbocycles.